The van der Waals surface area contributed by atoms with E-state index in [0.717, 1.165) is 15.4 Å². The van der Waals surface area contributed by atoms with Crippen molar-refractivity contribution in [2.45, 2.75) is 25.9 Å². The zero-order valence-corrected chi connectivity index (χ0v) is 15.7. The van der Waals surface area contributed by atoms with Crippen molar-refractivity contribution in [1.29, 1.82) is 0 Å². The van der Waals surface area contributed by atoms with Gasteiger partial charge in [0.1, 0.15) is 16.9 Å². The number of aryl methyl sites for hydroxylation is 1. The summed E-state index contributed by atoms with van der Waals surface area (Å²) in [5.41, 5.74) is 1.16. The first kappa shape index (κ1) is 17.9. The summed E-state index contributed by atoms with van der Waals surface area (Å²) in [4.78, 5) is 17.4. The summed E-state index contributed by atoms with van der Waals surface area (Å²) < 4.78 is 33.9. The third kappa shape index (κ3) is 4.38. The average molecular weight is 381 g/mol. The molecule has 2 aromatic rings. The Balaban J connectivity index is 1.88. The third-order valence-electron chi connectivity index (χ3n) is 4.00. The van der Waals surface area contributed by atoms with Gasteiger partial charge < -0.3 is 9.47 Å². The van der Waals surface area contributed by atoms with Gasteiger partial charge in [0, 0.05) is 16.6 Å². The summed E-state index contributed by atoms with van der Waals surface area (Å²) in [5, 5.41) is 0.791. The standard InChI is InChI=1S/C17H19NO5S2/c1-11-10-18-16(24-11)12-7-13(17(19)22-2)9-15(8-12)23-14-3-5-25(20,21)6-4-14/h7-10,14H,3-6H2,1-2H3. The van der Waals surface area contributed by atoms with Gasteiger partial charge in [0.15, 0.2) is 9.84 Å². The maximum atomic E-state index is 12.0. The van der Waals surface area contributed by atoms with Crippen LogP contribution in [0.2, 0.25) is 0 Å². The van der Waals surface area contributed by atoms with Crippen LogP contribution in [0.15, 0.2) is 24.4 Å². The number of aromatic nitrogens is 1. The fourth-order valence-electron chi connectivity index (χ4n) is 2.69. The summed E-state index contributed by atoms with van der Waals surface area (Å²) in [6, 6.07) is 5.18. The number of hydrogen-bond acceptors (Lipinski definition) is 7. The molecule has 0 N–H and O–H groups in total. The van der Waals surface area contributed by atoms with Gasteiger partial charge in [0.05, 0.1) is 24.2 Å². The highest BCUT2D eigenvalue weighted by atomic mass is 32.2. The van der Waals surface area contributed by atoms with Gasteiger partial charge in [-0.05, 0) is 38.0 Å². The number of nitrogens with zero attached hydrogens (tertiary/aromatic N) is 1. The number of rotatable bonds is 4. The van der Waals surface area contributed by atoms with Crippen LogP contribution in [-0.2, 0) is 14.6 Å². The van der Waals surface area contributed by atoms with Gasteiger partial charge in [-0.25, -0.2) is 18.2 Å². The van der Waals surface area contributed by atoms with Crippen LogP contribution in [0.4, 0.5) is 0 Å². The highest BCUT2D eigenvalue weighted by Gasteiger charge is 2.25. The maximum Gasteiger partial charge on any atom is 0.338 e. The third-order valence-corrected chi connectivity index (χ3v) is 6.68. The number of hydrogen-bond donors (Lipinski definition) is 0. The molecule has 0 spiro atoms. The van der Waals surface area contributed by atoms with Crippen molar-refractivity contribution in [3.63, 3.8) is 0 Å². The van der Waals surface area contributed by atoms with Crippen molar-refractivity contribution < 1.29 is 22.7 Å². The van der Waals surface area contributed by atoms with Gasteiger partial charge in [0.25, 0.3) is 0 Å². The molecule has 0 atom stereocenters. The topological polar surface area (TPSA) is 82.6 Å². The molecule has 1 aromatic heterocycles. The Morgan fingerprint density at radius 2 is 1.96 bits per heavy atom. The van der Waals surface area contributed by atoms with Crippen LogP contribution >= 0.6 is 11.3 Å². The minimum absolute atomic E-state index is 0.132. The molecular weight excluding hydrogens is 362 g/mol. The fraction of sp³-hybridized carbons (Fsp3) is 0.412. The molecule has 1 aliphatic heterocycles. The molecule has 25 heavy (non-hydrogen) atoms. The SMILES string of the molecule is COC(=O)c1cc(OC2CCS(=O)(=O)CC2)cc(-c2ncc(C)s2)c1. The van der Waals surface area contributed by atoms with Crippen LogP contribution in [-0.4, -0.2) is 44.1 Å². The first-order valence-corrected chi connectivity index (χ1v) is 10.5. The van der Waals surface area contributed by atoms with Crippen LogP contribution in [0.3, 0.4) is 0 Å². The van der Waals surface area contributed by atoms with Crippen LogP contribution in [0, 0.1) is 6.92 Å². The van der Waals surface area contributed by atoms with E-state index in [-0.39, 0.29) is 17.6 Å². The van der Waals surface area contributed by atoms with Crippen molar-refractivity contribution in [3.8, 4) is 16.3 Å². The monoisotopic (exact) mass is 381 g/mol. The molecule has 3 rings (SSSR count). The Morgan fingerprint density at radius 1 is 1.24 bits per heavy atom. The number of methoxy groups -OCH3 is 1. The molecule has 0 unspecified atom stereocenters. The lowest BCUT2D eigenvalue weighted by Crippen LogP contribution is -2.30. The quantitative estimate of drug-likeness (QED) is 0.758. The number of ether oxygens (including phenoxy) is 2. The Bertz CT molecular complexity index is 874. The Hall–Kier alpha value is -1.93. The molecule has 6 nitrogen and oxygen atoms in total. The van der Waals surface area contributed by atoms with Gasteiger partial charge in [-0.3, -0.25) is 0 Å². The van der Waals surface area contributed by atoms with E-state index >= 15 is 0 Å². The molecule has 0 radical (unpaired) electrons. The van der Waals surface area contributed by atoms with Gasteiger partial charge in [-0.2, -0.15) is 0 Å². The fourth-order valence-corrected chi connectivity index (χ4v) is 4.89. The van der Waals surface area contributed by atoms with Crippen molar-refractivity contribution in [3.05, 3.63) is 34.8 Å². The predicted molar refractivity (Wildman–Crippen MR) is 95.9 cm³/mol. The zero-order chi connectivity index (χ0) is 18.0. The van der Waals surface area contributed by atoms with Gasteiger partial charge in [-0.15, -0.1) is 11.3 Å². The van der Waals surface area contributed by atoms with E-state index in [4.69, 9.17) is 9.47 Å². The number of carbonyl (C=O) groups is 1. The molecule has 0 aliphatic carbocycles. The smallest absolute Gasteiger partial charge is 0.338 e. The molecule has 1 aromatic carbocycles. The van der Waals surface area contributed by atoms with Gasteiger partial charge >= 0.3 is 5.97 Å². The maximum absolute atomic E-state index is 12.0. The van der Waals surface area contributed by atoms with Gasteiger partial charge in [-0.1, -0.05) is 0 Å². The second-order valence-electron chi connectivity index (χ2n) is 5.98. The number of sulfone groups is 1. The summed E-state index contributed by atoms with van der Waals surface area (Å²) in [6.07, 6.45) is 2.51. The van der Waals surface area contributed by atoms with E-state index in [1.807, 2.05) is 13.0 Å². The van der Waals surface area contributed by atoms with Crippen molar-refractivity contribution in [1.82, 2.24) is 4.98 Å². The van der Waals surface area contributed by atoms with Crippen molar-refractivity contribution in [2.24, 2.45) is 0 Å². The highest BCUT2D eigenvalue weighted by molar-refractivity contribution is 7.91. The van der Waals surface area contributed by atoms with E-state index in [0.29, 0.717) is 24.2 Å². The normalized spacial score (nSPS) is 17.2. The molecule has 0 saturated carbocycles. The van der Waals surface area contributed by atoms with Crippen LogP contribution in [0.1, 0.15) is 28.1 Å². The predicted octanol–water partition coefficient (Wildman–Crippen LogP) is 2.86. The van der Waals surface area contributed by atoms with Crippen molar-refractivity contribution in [2.75, 3.05) is 18.6 Å². The first-order valence-electron chi connectivity index (χ1n) is 7.89. The van der Waals surface area contributed by atoms with E-state index < -0.39 is 15.8 Å². The first-order chi connectivity index (χ1) is 11.9. The summed E-state index contributed by atoms with van der Waals surface area (Å²) >= 11 is 1.53. The molecule has 0 amide bonds. The average Bonchev–Trinajstić information content (AvgIpc) is 3.02. The van der Waals surface area contributed by atoms with Crippen LogP contribution < -0.4 is 4.74 Å². The Labute approximate surface area is 150 Å². The molecule has 1 fully saturated rings. The number of benzene rings is 1. The number of esters is 1. The van der Waals surface area contributed by atoms with Crippen LogP contribution in [0.5, 0.6) is 5.75 Å². The van der Waals surface area contributed by atoms with Gasteiger partial charge in [0.2, 0.25) is 0 Å². The number of thiazole rings is 1. The summed E-state index contributed by atoms with van der Waals surface area (Å²) in [7, 11) is -1.62. The second-order valence-corrected chi connectivity index (χ2v) is 9.52. The van der Waals surface area contributed by atoms with Crippen molar-refractivity contribution >= 4 is 27.1 Å². The van der Waals surface area contributed by atoms with E-state index in [1.165, 1.54) is 18.4 Å². The van der Waals surface area contributed by atoms with E-state index in [1.54, 1.807) is 18.3 Å². The molecule has 134 valence electrons. The highest BCUT2D eigenvalue weighted by Crippen LogP contribution is 2.31. The van der Waals surface area contributed by atoms with E-state index in [9.17, 15) is 13.2 Å². The lowest BCUT2D eigenvalue weighted by Gasteiger charge is -2.23. The summed E-state index contributed by atoms with van der Waals surface area (Å²) in [6.45, 7) is 1.96. The largest absolute Gasteiger partial charge is 0.490 e. The Morgan fingerprint density at radius 3 is 2.56 bits per heavy atom. The molecule has 8 heteroatoms. The second kappa shape index (κ2) is 7.13. The molecule has 1 aliphatic rings. The minimum atomic E-state index is -2.94. The number of carbonyl (C=O) groups excluding carboxylic acids is 1. The molecule has 0 bridgehead atoms. The Kier molecular flexibility index (Phi) is 5.10. The molecular formula is C17H19NO5S2. The minimum Gasteiger partial charge on any atom is -0.490 e. The summed E-state index contributed by atoms with van der Waals surface area (Å²) in [5.74, 6) is 0.334. The lowest BCUT2D eigenvalue weighted by atomic mass is 10.1. The van der Waals surface area contributed by atoms with Crippen LogP contribution in [0.25, 0.3) is 10.6 Å². The lowest BCUT2D eigenvalue weighted by molar-refractivity contribution is 0.0600. The molecule has 2 heterocycles. The zero-order valence-electron chi connectivity index (χ0n) is 14.0. The molecule has 1 saturated heterocycles. The van der Waals surface area contributed by atoms with E-state index in [2.05, 4.69) is 4.98 Å².